The van der Waals surface area contributed by atoms with Crippen molar-refractivity contribution in [3.8, 4) is 0 Å². The van der Waals surface area contributed by atoms with E-state index < -0.39 is 0 Å². The molecule has 0 radical (unpaired) electrons. The standard InChI is InChI=1S/C13H19ClFN/c1-9(2)11(8-16-3)6-10-4-5-12(14)13(15)7-10/h4-5,7,9,11,16H,6,8H2,1-3H3. The van der Waals surface area contributed by atoms with Crippen molar-refractivity contribution in [2.24, 2.45) is 11.8 Å². The maximum absolute atomic E-state index is 13.3. The van der Waals surface area contributed by atoms with Crippen LogP contribution >= 0.6 is 11.6 Å². The summed E-state index contributed by atoms with van der Waals surface area (Å²) in [5, 5.41) is 3.37. The molecular weight excluding hydrogens is 225 g/mol. The number of nitrogens with one attached hydrogen (secondary N) is 1. The van der Waals surface area contributed by atoms with E-state index in [-0.39, 0.29) is 10.8 Å². The van der Waals surface area contributed by atoms with Gasteiger partial charge in [0.1, 0.15) is 5.82 Å². The topological polar surface area (TPSA) is 12.0 Å². The molecule has 1 N–H and O–H groups in total. The quantitative estimate of drug-likeness (QED) is 0.835. The first-order chi connectivity index (χ1) is 7.54. The van der Waals surface area contributed by atoms with Gasteiger partial charge in [-0.3, -0.25) is 0 Å². The third-order valence-corrected chi connectivity index (χ3v) is 3.20. The Labute approximate surface area is 102 Å². The average Bonchev–Trinajstić information content (AvgIpc) is 2.22. The molecule has 0 aliphatic carbocycles. The molecule has 1 aromatic carbocycles. The molecule has 1 aromatic rings. The summed E-state index contributed by atoms with van der Waals surface area (Å²) in [6.45, 7) is 5.32. The van der Waals surface area contributed by atoms with Gasteiger partial charge in [-0.05, 0) is 49.5 Å². The molecule has 0 amide bonds. The first kappa shape index (κ1) is 13.5. The predicted octanol–water partition coefficient (Wildman–Crippen LogP) is 3.51. The smallest absolute Gasteiger partial charge is 0.142 e. The maximum atomic E-state index is 13.3. The Balaban J connectivity index is 2.73. The van der Waals surface area contributed by atoms with Crippen LogP contribution in [0, 0.1) is 17.7 Å². The highest BCUT2D eigenvalue weighted by Gasteiger charge is 2.13. The second-order valence-electron chi connectivity index (χ2n) is 4.51. The summed E-state index contributed by atoms with van der Waals surface area (Å²) in [5.74, 6) is 0.767. The first-order valence-corrected chi connectivity index (χ1v) is 6.01. The van der Waals surface area contributed by atoms with Crippen LogP contribution in [0.1, 0.15) is 19.4 Å². The van der Waals surface area contributed by atoms with Crippen molar-refractivity contribution in [1.82, 2.24) is 5.32 Å². The minimum Gasteiger partial charge on any atom is -0.319 e. The average molecular weight is 244 g/mol. The fourth-order valence-electron chi connectivity index (χ4n) is 1.78. The second kappa shape index (κ2) is 6.21. The highest BCUT2D eigenvalue weighted by molar-refractivity contribution is 6.30. The molecule has 0 aliphatic rings. The molecule has 90 valence electrons. The van der Waals surface area contributed by atoms with Crippen molar-refractivity contribution in [3.63, 3.8) is 0 Å². The van der Waals surface area contributed by atoms with Crippen molar-refractivity contribution >= 4 is 11.6 Å². The molecule has 0 aliphatic heterocycles. The van der Waals surface area contributed by atoms with Gasteiger partial charge >= 0.3 is 0 Å². The Kier molecular flexibility index (Phi) is 5.23. The van der Waals surface area contributed by atoms with E-state index >= 15 is 0 Å². The van der Waals surface area contributed by atoms with Gasteiger partial charge in [-0.1, -0.05) is 31.5 Å². The molecule has 16 heavy (non-hydrogen) atoms. The molecule has 0 spiro atoms. The zero-order chi connectivity index (χ0) is 12.1. The molecule has 3 heteroatoms. The second-order valence-corrected chi connectivity index (χ2v) is 4.92. The van der Waals surface area contributed by atoms with Gasteiger partial charge in [0.25, 0.3) is 0 Å². The third-order valence-electron chi connectivity index (χ3n) is 2.89. The molecular formula is C13H19ClFN. The molecule has 0 saturated heterocycles. The number of benzene rings is 1. The lowest BCUT2D eigenvalue weighted by atomic mass is 9.89. The van der Waals surface area contributed by atoms with Crippen LogP contribution in [0.2, 0.25) is 5.02 Å². The highest BCUT2D eigenvalue weighted by Crippen LogP contribution is 2.20. The molecule has 1 rings (SSSR count). The van der Waals surface area contributed by atoms with Crippen molar-refractivity contribution in [3.05, 3.63) is 34.6 Å². The molecule has 0 saturated carbocycles. The summed E-state index contributed by atoms with van der Waals surface area (Å²) in [6.07, 6.45) is 0.882. The van der Waals surface area contributed by atoms with Crippen LogP contribution in [-0.2, 0) is 6.42 Å². The van der Waals surface area contributed by atoms with Crippen LogP contribution in [-0.4, -0.2) is 13.6 Å². The van der Waals surface area contributed by atoms with Gasteiger partial charge < -0.3 is 5.32 Å². The molecule has 1 atom stereocenters. The lowest BCUT2D eigenvalue weighted by Gasteiger charge is -2.20. The van der Waals surface area contributed by atoms with E-state index in [1.54, 1.807) is 6.07 Å². The monoisotopic (exact) mass is 243 g/mol. The van der Waals surface area contributed by atoms with Gasteiger partial charge in [0.05, 0.1) is 5.02 Å². The third kappa shape index (κ3) is 3.76. The van der Waals surface area contributed by atoms with Gasteiger partial charge in [-0.2, -0.15) is 0 Å². The predicted molar refractivity (Wildman–Crippen MR) is 67.4 cm³/mol. The molecule has 0 heterocycles. The maximum Gasteiger partial charge on any atom is 0.142 e. The first-order valence-electron chi connectivity index (χ1n) is 5.63. The van der Waals surface area contributed by atoms with Gasteiger partial charge in [-0.15, -0.1) is 0 Å². The van der Waals surface area contributed by atoms with Gasteiger partial charge in [0.15, 0.2) is 0 Å². The van der Waals surface area contributed by atoms with Crippen LogP contribution < -0.4 is 5.32 Å². The van der Waals surface area contributed by atoms with Crippen LogP contribution in [0.25, 0.3) is 0 Å². The lowest BCUT2D eigenvalue weighted by molar-refractivity contribution is 0.370. The Hall–Kier alpha value is -0.600. The van der Waals surface area contributed by atoms with Crippen LogP contribution in [0.15, 0.2) is 18.2 Å². The van der Waals surface area contributed by atoms with E-state index in [1.807, 2.05) is 13.1 Å². The highest BCUT2D eigenvalue weighted by atomic mass is 35.5. The number of halogens is 2. The number of hydrogen-bond acceptors (Lipinski definition) is 1. The van der Waals surface area contributed by atoms with Crippen molar-refractivity contribution in [1.29, 1.82) is 0 Å². The largest absolute Gasteiger partial charge is 0.319 e. The van der Waals surface area contributed by atoms with Crippen molar-refractivity contribution in [2.45, 2.75) is 20.3 Å². The van der Waals surface area contributed by atoms with E-state index in [0.29, 0.717) is 11.8 Å². The van der Waals surface area contributed by atoms with E-state index in [2.05, 4.69) is 19.2 Å². The normalized spacial score (nSPS) is 13.1. The summed E-state index contributed by atoms with van der Waals surface area (Å²) < 4.78 is 13.3. The van der Waals surface area contributed by atoms with Crippen LogP contribution in [0.5, 0.6) is 0 Å². The summed E-state index contributed by atoms with van der Waals surface area (Å²) in [6, 6.07) is 5.06. The van der Waals surface area contributed by atoms with E-state index in [9.17, 15) is 4.39 Å². The van der Waals surface area contributed by atoms with Gasteiger partial charge in [-0.25, -0.2) is 4.39 Å². The summed E-state index contributed by atoms with van der Waals surface area (Å²) in [4.78, 5) is 0. The summed E-state index contributed by atoms with van der Waals surface area (Å²) >= 11 is 5.65. The Morgan fingerprint density at radius 1 is 1.38 bits per heavy atom. The Bertz CT molecular complexity index is 339. The van der Waals surface area contributed by atoms with Crippen LogP contribution in [0.4, 0.5) is 4.39 Å². The van der Waals surface area contributed by atoms with E-state index in [1.165, 1.54) is 6.07 Å². The molecule has 1 unspecified atom stereocenters. The summed E-state index contributed by atoms with van der Waals surface area (Å²) in [5.41, 5.74) is 1.01. The van der Waals surface area contributed by atoms with Crippen LogP contribution in [0.3, 0.4) is 0 Å². The fourth-order valence-corrected chi connectivity index (χ4v) is 1.89. The minimum atomic E-state index is -0.328. The lowest BCUT2D eigenvalue weighted by Crippen LogP contribution is -2.25. The zero-order valence-electron chi connectivity index (χ0n) is 10.1. The fraction of sp³-hybridized carbons (Fsp3) is 0.538. The molecule has 0 aromatic heterocycles. The van der Waals surface area contributed by atoms with Crippen molar-refractivity contribution < 1.29 is 4.39 Å². The Morgan fingerprint density at radius 3 is 2.56 bits per heavy atom. The molecule has 0 bridgehead atoms. The molecule has 0 fully saturated rings. The summed E-state index contributed by atoms with van der Waals surface area (Å²) in [7, 11) is 1.94. The van der Waals surface area contributed by atoms with Crippen molar-refractivity contribution in [2.75, 3.05) is 13.6 Å². The van der Waals surface area contributed by atoms with Gasteiger partial charge in [0.2, 0.25) is 0 Å². The number of rotatable bonds is 5. The number of hydrogen-bond donors (Lipinski definition) is 1. The van der Waals surface area contributed by atoms with Gasteiger partial charge in [0, 0.05) is 0 Å². The Morgan fingerprint density at radius 2 is 2.06 bits per heavy atom. The van der Waals surface area contributed by atoms with E-state index in [4.69, 9.17) is 11.6 Å². The SMILES string of the molecule is CNCC(Cc1ccc(Cl)c(F)c1)C(C)C. The van der Waals surface area contributed by atoms with E-state index in [0.717, 1.165) is 18.5 Å². The zero-order valence-corrected chi connectivity index (χ0v) is 10.8. The molecule has 1 nitrogen and oxygen atoms in total. The minimum absolute atomic E-state index is 0.193.